The van der Waals surface area contributed by atoms with Crippen molar-refractivity contribution in [3.05, 3.63) is 0 Å². The summed E-state index contributed by atoms with van der Waals surface area (Å²) in [6.45, 7) is 10.9. The molecule has 0 aromatic heterocycles. The third-order valence-electron chi connectivity index (χ3n) is 7.67. The van der Waals surface area contributed by atoms with Crippen LogP contribution in [-0.4, -0.2) is 73.4 Å². The van der Waals surface area contributed by atoms with Crippen molar-refractivity contribution in [1.29, 1.82) is 0 Å². The Morgan fingerprint density at radius 1 is 0.436 bits per heavy atom. The van der Waals surface area contributed by atoms with Crippen LogP contribution in [0.1, 0.15) is 162 Å². The first-order chi connectivity index (χ1) is 19.1. The Balaban J connectivity index is 3.76. The summed E-state index contributed by atoms with van der Waals surface area (Å²) in [6, 6.07) is 0. The first kappa shape index (κ1) is 38.8. The van der Waals surface area contributed by atoms with Crippen LogP contribution in [0.3, 0.4) is 0 Å². The molecule has 0 amide bonds. The molecule has 0 aromatic carbocycles. The van der Waals surface area contributed by atoms with Crippen molar-refractivity contribution in [2.24, 2.45) is 0 Å². The second kappa shape index (κ2) is 32.3. The van der Waals surface area contributed by atoms with Crippen LogP contribution < -0.4 is 0 Å². The van der Waals surface area contributed by atoms with Crippen molar-refractivity contribution in [3.8, 4) is 0 Å². The summed E-state index contributed by atoms with van der Waals surface area (Å²) in [5.41, 5.74) is 0. The van der Waals surface area contributed by atoms with Gasteiger partial charge >= 0.3 is 0 Å². The molecular weight excluding hydrogens is 486 g/mol. The molecule has 5 heteroatoms. The topological polar surface area (TPSA) is 62.2 Å². The molecule has 0 fully saturated rings. The zero-order valence-electron chi connectivity index (χ0n) is 26.8. The van der Waals surface area contributed by atoms with Crippen molar-refractivity contribution in [3.63, 3.8) is 0 Å². The van der Waals surface area contributed by atoms with Gasteiger partial charge in [0.25, 0.3) is 0 Å². The van der Waals surface area contributed by atoms with Gasteiger partial charge < -0.3 is 19.7 Å². The van der Waals surface area contributed by atoms with Crippen molar-refractivity contribution >= 4 is 0 Å². The van der Waals surface area contributed by atoms with Crippen LogP contribution in [0.2, 0.25) is 0 Å². The van der Waals surface area contributed by atoms with E-state index in [-0.39, 0.29) is 0 Å². The van der Waals surface area contributed by atoms with Crippen molar-refractivity contribution in [2.75, 3.05) is 46.1 Å². The van der Waals surface area contributed by atoms with Crippen LogP contribution in [0.5, 0.6) is 0 Å². The zero-order chi connectivity index (χ0) is 28.7. The molecule has 0 aromatic rings. The van der Waals surface area contributed by atoms with Crippen LogP contribution in [0.4, 0.5) is 0 Å². The second-order valence-corrected chi connectivity index (χ2v) is 11.9. The number of unbranched alkanes of at least 4 members (excludes halogenated alkanes) is 19. The lowest BCUT2D eigenvalue weighted by Crippen LogP contribution is -2.41. The summed E-state index contributed by atoms with van der Waals surface area (Å²) in [5, 5.41) is 21.0. The Bertz CT molecular complexity index is 415. The monoisotopic (exact) mass is 558 g/mol. The van der Waals surface area contributed by atoms with Crippen molar-refractivity contribution < 1.29 is 19.7 Å². The number of hydrogen-bond donors (Lipinski definition) is 2. The number of aliphatic hydroxyl groups excluding tert-OH is 2. The van der Waals surface area contributed by atoms with Crippen LogP contribution >= 0.6 is 0 Å². The van der Waals surface area contributed by atoms with Gasteiger partial charge in [-0.15, -0.1) is 0 Å². The molecule has 0 rings (SSSR count). The van der Waals surface area contributed by atoms with Gasteiger partial charge in [0.1, 0.15) is 0 Å². The normalized spacial score (nSPS) is 13.4. The molecule has 0 radical (unpaired) electrons. The van der Waals surface area contributed by atoms with E-state index in [0.29, 0.717) is 26.3 Å². The summed E-state index contributed by atoms with van der Waals surface area (Å²) in [7, 11) is 0. The highest BCUT2D eigenvalue weighted by Gasteiger charge is 2.16. The molecule has 0 spiro atoms. The van der Waals surface area contributed by atoms with Gasteiger partial charge in [0.2, 0.25) is 0 Å². The SMILES string of the molecule is CCCCCCCCCCCCOCC(O)CN(CCCC)CC(O)COCCCCCCCCCCCC. The maximum atomic E-state index is 10.5. The van der Waals surface area contributed by atoms with E-state index in [4.69, 9.17) is 9.47 Å². The standard InChI is InChI=1S/C34H71NO4/c1-4-7-10-12-14-16-18-20-22-24-27-38-31-33(36)29-35(26-9-6-3)30-34(37)32-39-28-25-23-21-19-17-15-13-11-8-5-2/h33-34,36-37H,4-32H2,1-3H3. The van der Waals surface area contributed by atoms with Gasteiger partial charge in [0.05, 0.1) is 25.4 Å². The maximum absolute atomic E-state index is 10.5. The second-order valence-electron chi connectivity index (χ2n) is 11.9. The molecule has 5 nitrogen and oxygen atoms in total. The Morgan fingerprint density at radius 3 is 1.08 bits per heavy atom. The van der Waals surface area contributed by atoms with Gasteiger partial charge in [-0.05, 0) is 25.8 Å². The summed E-state index contributed by atoms with van der Waals surface area (Å²) < 4.78 is 11.5. The average molecular weight is 558 g/mol. The first-order valence-electron chi connectivity index (χ1n) is 17.4. The molecule has 0 heterocycles. The van der Waals surface area contributed by atoms with Crippen molar-refractivity contribution in [1.82, 2.24) is 4.90 Å². The van der Waals surface area contributed by atoms with Gasteiger partial charge in [-0.3, -0.25) is 4.90 Å². The number of rotatable bonds is 33. The van der Waals surface area contributed by atoms with Gasteiger partial charge in [0.15, 0.2) is 0 Å². The molecular formula is C34H71NO4. The smallest absolute Gasteiger partial charge is 0.0900 e. The maximum Gasteiger partial charge on any atom is 0.0900 e. The minimum absolute atomic E-state index is 0.380. The Hall–Kier alpha value is -0.200. The fraction of sp³-hybridized carbons (Fsp3) is 1.00. The summed E-state index contributed by atoms with van der Waals surface area (Å²) >= 11 is 0. The van der Waals surface area contributed by atoms with Gasteiger partial charge in [-0.25, -0.2) is 0 Å². The van der Waals surface area contributed by atoms with Crippen molar-refractivity contribution in [2.45, 2.75) is 174 Å². The molecule has 0 aliphatic rings. The van der Waals surface area contributed by atoms with E-state index in [0.717, 1.165) is 45.4 Å². The van der Waals surface area contributed by atoms with Crippen LogP contribution in [-0.2, 0) is 9.47 Å². The fourth-order valence-corrected chi connectivity index (χ4v) is 5.16. The van der Waals surface area contributed by atoms with Crippen LogP contribution in [0.25, 0.3) is 0 Å². The minimum Gasteiger partial charge on any atom is -0.389 e. The van der Waals surface area contributed by atoms with E-state index < -0.39 is 12.2 Å². The van der Waals surface area contributed by atoms with Gasteiger partial charge in [-0.2, -0.15) is 0 Å². The highest BCUT2D eigenvalue weighted by Crippen LogP contribution is 2.12. The molecule has 236 valence electrons. The van der Waals surface area contributed by atoms with Gasteiger partial charge in [-0.1, -0.05) is 143 Å². The number of aliphatic hydroxyl groups is 2. The molecule has 0 aliphatic heterocycles. The lowest BCUT2D eigenvalue weighted by atomic mass is 10.1. The highest BCUT2D eigenvalue weighted by atomic mass is 16.5. The van der Waals surface area contributed by atoms with E-state index in [9.17, 15) is 10.2 Å². The number of ether oxygens (including phenoxy) is 2. The van der Waals surface area contributed by atoms with Gasteiger partial charge in [0, 0.05) is 26.3 Å². The molecule has 2 atom stereocenters. The first-order valence-corrected chi connectivity index (χ1v) is 17.4. The molecule has 0 saturated carbocycles. The molecule has 2 unspecified atom stereocenters. The molecule has 39 heavy (non-hydrogen) atoms. The predicted octanol–water partition coefficient (Wildman–Crippen LogP) is 8.69. The zero-order valence-corrected chi connectivity index (χ0v) is 26.8. The van der Waals surface area contributed by atoms with Crippen LogP contribution in [0.15, 0.2) is 0 Å². The number of nitrogens with zero attached hydrogens (tertiary/aromatic N) is 1. The average Bonchev–Trinajstić information content (AvgIpc) is 2.93. The lowest BCUT2D eigenvalue weighted by molar-refractivity contribution is -0.0112. The Morgan fingerprint density at radius 2 is 0.744 bits per heavy atom. The largest absolute Gasteiger partial charge is 0.389 e. The van der Waals surface area contributed by atoms with Crippen LogP contribution in [0, 0.1) is 0 Å². The summed E-state index contributed by atoms with van der Waals surface area (Å²) in [6.07, 6.45) is 27.5. The van der Waals surface area contributed by atoms with E-state index in [2.05, 4.69) is 25.7 Å². The molecule has 0 bridgehead atoms. The summed E-state index contributed by atoms with van der Waals surface area (Å²) in [4.78, 5) is 2.17. The third kappa shape index (κ3) is 30.6. The minimum atomic E-state index is -0.509. The van der Waals surface area contributed by atoms with E-state index in [1.165, 1.54) is 116 Å². The fourth-order valence-electron chi connectivity index (χ4n) is 5.16. The van der Waals surface area contributed by atoms with E-state index >= 15 is 0 Å². The lowest BCUT2D eigenvalue weighted by Gasteiger charge is -2.27. The third-order valence-corrected chi connectivity index (χ3v) is 7.67. The Kier molecular flexibility index (Phi) is 32.2. The molecule has 0 saturated heterocycles. The van der Waals surface area contributed by atoms with E-state index in [1.54, 1.807) is 0 Å². The predicted molar refractivity (Wildman–Crippen MR) is 169 cm³/mol. The molecule has 0 aliphatic carbocycles. The van der Waals surface area contributed by atoms with E-state index in [1.807, 2.05) is 0 Å². The quantitative estimate of drug-likeness (QED) is 0.0790. The highest BCUT2D eigenvalue weighted by molar-refractivity contribution is 4.69. The summed E-state index contributed by atoms with van der Waals surface area (Å²) in [5.74, 6) is 0. The Labute approximate surface area is 244 Å². The number of hydrogen-bond acceptors (Lipinski definition) is 5. The molecule has 2 N–H and O–H groups in total.